The lowest BCUT2D eigenvalue weighted by molar-refractivity contribution is 0.102. The molecule has 150 valence electrons. The molecule has 1 aromatic heterocycles. The summed E-state index contributed by atoms with van der Waals surface area (Å²) in [6.45, 7) is 1.86. The second-order valence-electron chi connectivity index (χ2n) is 6.16. The minimum atomic E-state index is -3.90. The molecular weight excluding hydrogens is 414 g/mol. The molecule has 3 aromatic rings. The van der Waals surface area contributed by atoms with E-state index in [0.717, 1.165) is 5.56 Å². The predicted octanol–water partition coefficient (Wildman–Crippen LogP) is 4.11. The number of benzene rings is 2. The number of sulfonamides is 1. The van der Waals surface area contributed by atoms with Crippen LogP contribution in [-0.2, 0) is 10.0 Å². The number of amides is 1. The average Bonchev–Trinajstić information content (AvgIpc) is 2.68. The summed E-state index contributed by atoms with van der Waals surface area (Å²) in [7, 11) is -2.42. The van der Waals surface area contributed by atoms with E-state index < -0.39 is 15.9 Å². The van der Waals surface area contributed by atoms with Crippen molar-refractivity contribution in [2.75, 3.05) is 17.1 Å². The molecule has 1 heterocycles. The van der Waals surface area contributed by atoms with Gasteiger partial charge < -0.3 is 10.1 Å². The van der Waals surface area contributed by atoms with Gasteiger partial charge in [-0.3, -0.25) is 9.52 Å². The first-order valence-corrected chi connectivity index (χ1v) is 10.3. The van der Waals surface area contributed by atoms with Gasteiger partial charge in [-0.25, -0.2) is 13.4 Å². The van der Waals surface area contributed by atoms with Gasteiger partial charge >= 0.3 is 0 Å². The van der Waals surface area contributed by atoms with Crippen LogP contribution in [0.25, 0.3) is 0 Å². The van der Waals surface area contributed by atoms with Crippen LogP contribution in [0, 0.1) is 6.92 Å². The summed E-state index contributed by atoms with van der Waals surface area (Å²) in [5.74, 6) is -0.161. The number of nitrogens with one attached hydrogen (secondary N) is 2. The number of carbonyl (C=O) groups is 1. The normalized spacial score (nSPS) is 11.0. The Morgan fingerprint density at radius 1 is 1.07 bits per heavy atom. The zero-order chi connectivity index (χ0) is 21.0. The third-order valence-electron chi connectivity index (χ3n) is 3.97. The van der Waals surface area contributed by atoms with E-state index in [1.165, 1.54) is 31.5 Å². The highest BCUT2D eigenvalue weighted by Gasteiger charge is 2.19. The third kappa shape index (κ3) is 5.04. The Bertz CT molecular complexity index is 1150. The zero-order valence-corrected chi connectivity index (χ0v) is 17.2. The van der Waals surface area contributed by atoms with Gasteiger partial charge in [0.15, 0.2) is 0 Å². The van der Waals surface area contributed by atoms with Crippen LogP contribution < -0.4 is 14.8 Å². The number of hydrogen-bond acceptors (Lipinski definition) is 5. The van der Waals surface area contributed by atoms with Crippen LogP contribution in [-0.4, -0.2) is 26.4 Å². The molecule has 7 nitrogen and oxygen atoms in total. The molecular formula is C20H18ClN3O4S. The summed E-state index contributed by atoms with van der Waals surface area (Å²) in [5, 5.41) is 2.75. The van der Waals surface area contributed by atoms with Crippen molar-refractivity contribution in [1.82, 2.24) is 4.98 Å². The lowest BCUT2D eigenvalue weighted by atomic mass is 10.2. The number of ether oxygens (including phenoxy) is 1. The number of anilines is 2. The summed E-state index contributed by atoms with van der Waals surface area (Å²) >= 11 is 6.12. The Hall–Kier alpha value is -3.10. The second kappa shape index (κ2) is 8.50. The van der Waals surface area contributed by atoms with Crippen molar-refractivity contribution in [3.8, 4) is 5.88 Å². The lowest BCUT2D eigenvalue weighted by Gasteiger charge is -2.11. The Morgan fingerprint density at radius 2 is 1.86 bits per heavy atom. The van der Waals surface area contributed by atoms with E-state index in [9.17, 15) is 13.2 Å². The number of methoxy groups -OCH3 is 1. The molecule has 3 rings (SSSR count). The van der Waals surface area contributed by atoms with Gasteiger partial charge in [0.25, 0.3) is 15.9 Å². The van der Waals surface area contributed by atoms with Crippen molar-refractivity contribution in [3.05, 3.63) is 76.9 Å². The quantitative estimate of drug-likeness (QED) is 0.612. The topological polar surface area (TPSA) is 97.4 Å². The van der Waals surface area contributed by atoms with Gasteiger partial charge in [0.05, 0.1) is 34.5 Å². The zero-order valence-electron chi connectivity index (χ0n) is 15.6. The summed E-state index contributed by atoms with van der Waals surface area (Å²) in [6, 6.07) is 14.1. The van der Waals surface area contributed by atoms with Gasteiger partial charge in [-0.05, 0) is 48.9 Å². The fourth-order valence-electron chi connectivity index (χ4n) is 2.54. The molecule has 9 heteroatoms. The summed E-state index contributed by atoms with van der Waals surface area (Å²) in [5.41, 5.74) is 1.78. The molecule has 0 saturated carbocycles. The smallest absolute Gasteiger partial charge is 0.261 e. The molecule has 0 aliphatic rings. The highest BCUT2D eigenvalue weighted by Crippen LogP contribution is 2.24. The fraction of sp³-hybridized carbons (Fsp3) is 0.100. The van der Waals surface area contributed by atoms with Gasteiger partial charge in [-0.15, -0.1) is 0 Å². The molecule has 0 fully saturated rings. The van der Waals surface area contributed by atoms with Crippen molar-refractivity contribution in [2.45, 2.75) is 11.8 Å². The molecule has 0 saturated heterocycles. The van der Waals surface area contributed by atoms with E-state index in [1.807, 2.05) is 13.0 Å². The molecule has 0 unspecified atom stereocenters. The van der Waals surface area contributed by atoms with E-state index >= 15 is 0 Å². The SMILES string of the molecule is COc1ccc(NC(=O)c2cc(S(=O)(=O)Nc3cccc(C)c3)ccc2Cl)cn1. The second-order valence-corrected chi connectivity index (χ2v) is 8.25. The minimum Gasteiger partial charge on any atom is -0.481 e. The molecule has 0 aliphatic heterocycles. The van der Waals surface area contributed by atoms with Crippen molar-refractivity contribution in [1.29, 1.82) is 0 Å². The van der Waals surface area contributed by atoms with Crippen LogP contribution in [0.1, 0.15) is 15.9 Å². The minimum absolute atomic E-state index is 0.0228. The van der Waals surface area contributed by atoms with E-state index in [-0.39, 0.29) is 15.5 Å². The number of carbonyl (C=O) groups excluding carboxylic acids is 1. The van der Waals surface area contributed by atoms with E-state index in [2.05, 4.69) is 15.0 Å². The van der Waals surface area contributed by atoms with Gasteiger partial charge in [0.2, 0.25) is 5.88 Å². The summed E-state index contributed by atoms with van der Waals surface area (Å²) in [6.07, 6.45) is 1.42. The Balaban J connectivity index is 1.85. The highest BCUT2D eigenvalue weighted by molar-refractivity contribution is 7.92. The Morgan fingerprint density at radius 3 is 2.52 bits per heavy atom. The molecule has 0 bridgehead atoms. The van der Waals surface area contributed by atoms with Crippen molar-refractivity contribution >= 4 is 38.9 Å². The van der Waals surface area contributed by atoms with Crippen molar-refractivity contribution in [2.24, 2.45) is 0 Å². The Labute approximate surface area is 173 Å². The molecule has 2 aromatic carbocycles. The molecule has 0 radical (unpaired) electrons. The largest absolute Gasteiger partial charge is 0.481 e. The Kier molecular flexibility index (Phi) is 6.05. The van der Waals surface area contributed by atoms with Crippen LogP contribution in [0.15, 0.2) is 65.7 Å². The number of aryl methyl sites for hydroxylation is 1. The highest BCUT2D eigenvalue weighted by atomic mass is 35.5. The third-order valence-corrected chi connectivity index (χ3v) is 5.67. The maximum absolute atomic E-state index is 12.7. The van der Waals surface area contributed by atoms with Crippen LogP contribution in [0.4, 0.5) is 11.4 Å². The van der Waals surface area contributed by atoms with Crippen LogP contribution in [0.3, 0.4) is 0 Å². The first-order chi connectivity index (χ1) is 13.8. The van der Waals surface area contributed by atoms with Gasteiger partial charge in [-0.1, -0.05) is 23.7 Å². The summed E-state index contributed by atoms with van der Waals surface area (Å²) in [4.78, 5) is 16.5. The van der Waals surface area contributed by atoms with Crippen LogP contribution >= 0.6 is 11.6 Å². The van der Waals surface area contributed by atoms with E-state index in [4.69, 9.17) is 16.3 Å². The lowest BCUT2D eigenvalue weighted by Crippen LogP contribution is -2.16. The molecule has 0 spiro atoms. The van der Waals surface area contributed by atoms with Gasteiger partial charge in [0.1, 0.15) is 0 Å². The maximum atomic E-state index is 12.7. The predicted molar refractivity (Wildman–Crippen MR) is 112 cm³/mol. The molecule has 1 amide bonds. The monoisotopic (exact) mass is 431 g/mol. The average molecular weight is 432 g/mol. The number of hydrogen-bond donors (Lipinski definition) is 2. The maximum Gasteiger partial charge on any atom is 0.261 e. The molecule has 29 heavy (non-hydrogen) atoms. The summed E-state index contributed by atoms with van der Waals surface area (Å²) < 4.78 is 32.9. The fourth-order valence-corrected chi connectivity index (χ4v) is 3.82. The molecule has 2 N–H and O–H groups in total. The van der Waals surface area contributed by atoms with Crippen LogP contribution in [0.5, 0.6) is 5.88 Å². The number of halogens is 1. The number of aromatic nitrogens is 1. The number of nitrogens with zero attached hydrogens (tertiary/aromatic N) is 1. The first-order valence-electron chi connectivity index (χ1n) is 8.49. The number of pyridine rings is 1. The number of rotatable bonds is 6. The standard InChI is InChI=1S/C20H18ClN3O4S/c1-13-4-3-5-14(10-13)24-29(26,27)16-7-8-18(21)17(11-16)20(25)23-15-6-9-19(28-2)22-12-15/h3-12,24H,1-2H3,(H,23,25). The molecule has 0 atom stereocenters. The van der Waals surface area contributed by atoms with E-state index in [1.54, 1.807) is 30.3 Å². The van der Waals surface area contributed by atoms with Crippen molar-refractivity contribution in [3.63, 3.8) is 0 Å². The van der Waals surface area contributed by atoms with Gasteiger partial charge in [0, 0.05) is 11.8 Å². The van der Waals surface area contributed by atoms with Gasteiger partial charge in [-0.2, -0.15) is 0 Å². The van der Waals surface area contributed by atoms with Crippen molar-refractivity contribution < 1.29 is 17.9 Å². The van der Waals surface area contributed by atoms with Crippen LogP contribution in [0.2, 0.25) is 5.02 Å². The van der Waals surface area contributed by atoms with E-state index in [0.29, 0.717) is 17.3 Å². The first kappa shape index (κ1) is 20.6. The molecule has 0 aliphatic carbocycles.